The van der Waals surface area contributed by atoms with E-state index in [0.717, 1.165) is 0 Å². The number of sulfonamides is 1. The van der Waals surface area contributed by atoms with Gasteiger partial charge in [0.05, 0.1) is 4.90 Å². The van der Waals surface area contributed by atoms with Crippen LogP contribution in [-0.4, -0.2) is 20.0 Å². The number of rotatable bonds is 4. The standard InChI is InChI=1S/C9H12N2O2S2/c1-2-11-15(12,13)8-5-3-4-7(6-8)9(10)14/h3-6,11H,2H2,1H3,(H2,10,14). The quantitative estimate of drug-likeness (QED) is 0.762. The van der Waals surface area contributed by atoms with E-state index in [1.807, 2.05) is 0 Å². The Kier molecular flexibility index (Phi) is 3.78. The van der Waals surface area contributed by atoms with Crippen LogP contribution in [0.4, 0.5) is 0 Å². The van der Waals surface area contributed by atoms with E-state index in [1.54, 1.807) is 19.1 Å². The third-order valence-electron chi connectivity index (χ3n) is 1.76. The third kappa shape index (κ3) is 2.98. The fourth-order valence-corrected chi connectivity index (χ4v) is 2.30. The smallest absolute Gasteiger partial charge is 0.240 e. The minimum Gasteiger partial charge on any atom is -0.389 e. The van der Waals surface area contributed by atoms with Crippen molar-refractivity contribution in [2.45, 2.75) is 11.8 Å². The van der Waals surface area contributed by atoms with Crippen LogP contribution in [0.5, 0.6) is 0 Å². The lowest BCUT2D eigenvalue weighted by Crippen LogP contribution is -2.23. The molecular formula is C9H12N2O2S2. The molecule has 0 fully saturated rings. The summed E-state index contributed by atoms with van der Waals surface area (Å²) in [6, 6.07) is 6.24. The van der Waals surface area contributed by atoms with Crippen molar-refractivity contribution in [2.75, 3.05) is 6.54 Å². The van der Waals surface area contributed by atoms with Crippen molar-refractivity contribution in [2.24, 2.45) is 5.73 Å². The molecule has 0 saturated heterocycles. The maximum Gasteiger partial charge on any atom is 0.240 e. The highest BCUT2D eigenvalue weighted by atomic mass is 32.2. The van der Waals surface area contributed by atoms with E-state index in [0.29, 0.717) is 12.1 Å². The molecule has 0 radical (unpaired) electrons. The molecule has 0 aliphatic heterocycles. The van der Waals surface area contributed by atoms with Crippen molar-refractivity contribution in [1.29, 1.82) is 0 Å². The molecule has 0 aliphatic rings. The average Bonchev–Trinajstić information content (AvgIpc) is 2.18. The number of hydrogen-bond acceptors (Lipinski definition) is 3. The Morgan fingerprint density at radius 1 is 1.53 bits per heavy atom. The van der Waals surface area contributed by atoms with Gasteiger partial charge in [0.25, 0.3) is 0 Å². The van der Waals surface area contributed by atoms with Gasteiger partial charge in [0, 0.05) is 12.1 Å². The summed E-state index contributed by atoms with van der Waals surface area (Å²) in [7, 11) is -3.43. The van der Waals surface area contributed by atoms with Crippen LogP contribution in [0, 0.1) is 0 Å². The molecule has 0 bridgehead atoms. The van der Waals surface area contributed by atoms with Crippen molar-refractivity contribution < 1.29 is 8.42 Å². The van der Waals surface area contributed by atoms with E-state index < -0.39 is 10.0 Å². The average molecular weight is 244 g/mol. The number of benzene rings is 1. The van der Waals surface area contributed by atoms with Gasteiger partial charge in [-0.25, -0.2) is 13.1 Å². The third-order valence-corrected chi connectivity index (χ3v) is 3.54. The molecule has 0 saturated carbocycles. The normalized spacial score (nSPS) is 11.3. The van der Waals surface area contributed by atoms with E-state index >= 15 is 0 Å². The molecule has 1 aromatic carbocycles. The van der Waals surface area contributed by atoms with E-state index in [2.05, 4.69) is 4.72 Å². The van der Waals surface area contributed by atoms with Crippen molar-refractivity contribution in [3.8, 4) is 0 Å². The van der Waals surface area contributed by atoms with Crippen LogP contribution in [0.2, 0.25) is 0 Å². The highest BCUT2D eigenvalue weighted by molar-refractivity contribution is 7.89. The zero-order valence-corrected chi connectivity index (χ0v) is 9.86. The van der Waals surface area contributed by atoms with Crippen LogP contribution < -0.4 is 10.5 Å². The summed E-state index contributed by atoms with van der Waals surface area (Å²) >= 11 is 4.77. The van der Waals surface area contributed by atoms with Gasteiger partial charge < -0.3 is 5.73 Å². The fraction of sp³-hybridized carbons (Fsp3) is 0.222. The Hall–Kier alpha value is -0.980. The Morgan fingerprint density at radius 3 is 2.73 bits per heavy atom. The lowest BCUT2D eigenvalue weighted by molar-refractivity contribution is 0.584. The molecule has 3 N–H and O–H groups in total. The molecule has 1 aromatic rings. The molecular weight excluding hydrogens is 232 g/mol. The predicted octanol–water partition coefficient (Wildman–Crippen LogP) is 0.619. The van der Waals surface area contributed by atoms with Crippen LogP contribution in [-0.2, 0) is 10.0 Å². The Morgan fingerprint density at radius 2 is 2.20 bits per heavy atom. The van der Waals surface area contributed by atoms with E-state index in [-0.39, 0.29) is 9.88 Å². The molecule has 4 nitrogen and oxygen atoms in total. The molecule has 0 amide bonds. The summed E-state index contributed by atoms with van der Waals surface area (Å²) < 4.78 is 25.6. The summed E-state index contributed by atoms with van der Waals surface area (Å²) in [6.07, 6.45) is 0. The maximum absolute atomic E-state index is 11.6. The van der Waals surface area contributed by atoms with E-state index in [9.17, 15) is 8.42 Å². The van der Waals surface area contributed by atoms with Gasteiger partial charge in [-0.1, -0.05) is 31.3 Å². The topological polar surface area (TPSA) is 72.2 Å². The first-order valence-corrected chi connectivity index (χ1v) is 6.26. The van der Waals surface area contributed by atoms with Gasteiger partial charge in [-0.05, 0) is 12.1 Å². The zero-order chi connectivity index (χ0) is 11.5. The summed E-state index contributed by atoms with van der Waals surface area (Å²) in [5.74, 6) is 0. The molecule has 0 atom stereocenters. The zero-order valence-electron chi connectivity index (χ0n) is 8.23. The van der Waals surface area contributed by atoms with Crippen LogP contribution in [0.15, 0.2) is 29.2 Å². The van der Waals surface area contributed by atoms with Gasteiger partial charge in [0.15, 0.2) is 0 Å². The molecule has 6 heteroatoms. The number of hydrogen-bond donors (Lipinski definition) is 2. The van der Waals surface area contributed by atoms with Gasteiger partial charge >= 0.3 is 0 Å². The molecule has 0 aromatic heterocycles. The van der Waals surface area contributed by atoms with Crippen molar-refractivity contribution >= 4 is 27.2 Å². The van der Waals surface area contributed by atoms with E-state index in [4.69, 9.17) is 18.0 Å². The molecule has 0 heterocycles. The maximum atomic E-state index is 11.6. The summed E-state index contributed by atoms with van der Waals surface area (Å²) in [6.45, 7) is 2.06. The van der Waals surface area contributed by atoms with Gasteiger partial charge in [0.2, 0.25) is 10.0 Å². The van der Waals surface area contributed by atoms with Crippen LogP contribution in [0.1, 0.15) is 12.5 Å². The predicted molar refractivity (Wildman–Crippen MR) is 63.2 cm³/mol. The highest BCUT2D eigenvalue weighted by Gasteiger charge is 2.12. The molecule has 0 spiro atoms. The molecule has 82 valence electrons. The summed E-state index contributed by atoms with van der Waals surface area (Å²) in [5.41, 5.74) is 5.96. The minimum atomic E-state index is -3.43. The van der Waals surface area contributed by atoms with Gasteiger partial charge in [0.1, 0.15) is 4.99 Å². The van der Waals surface area contributed by atoms with Gasteiger partial charge in [-0.3, -0.25) is 0 Å². The summed E-state index contributed by atoms with van der Waals surface area (Å²) in [5, 5.41) is 0. The molecule has 0 aliphatic carbocycles. The number of nitrogens with one attached hydrogen (secondary N) is 1. The first-order chi connectivity index (χ1) is 6.97. The SMILES string of the molecule is CCNS(=O)(=O)c1cccc(C(N)=S)c1. The largest absolute Gasteiger partial charge is 0.389 e. The van der Waals surface area contributed by atoms with Crippen molar-refractivity contribution in [3.05, 3.63) is 29.8 Å². The lowest BCUT2D eigenvalue weighted by Gasteiger charge is -2.05. The molecule has 1 rings (SSSR count). The second-order valence-corrected chi connectivity index (χ2v) is 5.10. The first kappa shape index (κ1) is 12.1. The summed E-state index contributed by atoms with van der Waals surface area (Å²) in [4.78, 5) is 0.359. The minimum absolute atomic E-state index is 0.176. The van der Waals surface area contributed by atoms with Gasteiger partial charge in [-0.2, -0.15) is 0 Å². The van der Waals surface area contributed by atoms with Crippen molar-refractivity contribution in [1.82, 2.24) is 4.72 Å². The molecule has 0 unspecified atom stereocenters. The number of nitrogens with two attached hydrogens (primary N) is 1. The Balaban J connectivity index is 3.16. The highest BCUT2D eigenvalue weighted by Crippen LogP contribution is 2.11. The second kappa shape index (κ2) is 4.69. The van der Waals surface area contributed by atoms with E-state index in [1.165, 1.54) is 12.1 Å². The fourth-order valence-electron chi connectivity index (χ4n) is 1.09. The van der Waals surface area contributed by atoms with Crippen LogP contribution in [0.3, 0.4) is 0 Å². The van der Waals surface area contributed by atoms with Gasteiger partial charge in [-0.15, -0.1) is 0 Å². The van der Waals surface area contributed by atoms with Crippen LogP contribution in [0.25, 0.3) is 0 Å². The van der Waals surface area contributed by atoms with Crippen LogP contribution >= 0.6 is 12.2 Å². The Labute approximate surface area is 94.5 Å². The second-order valence-electron chi connectivity index (χ2n) is 2.89. The van der Waals surface area contributed by atoms with Crippen molar-refractivity contribution in [3.63, 3.8) is 0 Å². The lowest BCUT2D eigenvalue weighted by atomic mass is 10.2. The number of thiocarbonyl (C=S) groups is 1. The molecule has 15 heavy (non-hydrogen) atoms. The monoisotopic (exact) mass is 244 g/mol. The first-order valence-electron chi connectivity index (χ1n) is 4.37. The Bertz CT molecular complexity index is 469.